The molecule has 4 rings (SSSR count). The van der Waals surface area contributed by atoms with E-state index in [1.165, 1.54) is 11.3 Å². The van der Waals surface area contributed by atoms with Gasteiger partial charge in [-0.15, -0.1) is 11.3 Å². The van der Waals surface area contributed by atoms with Gasteiger partial charge in [0.25, 0.3) is 0 Å². The summed E-state index contributed by atoms with van der Waals surface area (Å²) in [5.74, 6) is -0.177. The second-order valence-corrected chi connectivity index (χ2v) is 6.86. The Hall–Kier alpha value is -2.19. The number of hydrogen-bond donors (Lipinski definition) is 0. The molecule has 3 heterocycles. The Kier molecular flexibility index (Phi) is 3.85. The third kappa shape index (κ3) is 2.71. The Labute approximate surface area is 142 Å². The van der Waals surface area contributed by atoms with Gasteiger partial charge in [0.15, 0.2) is 6.10 Å². The lowest BCUT2D eigenvalue weighted by Gasteiger charge is -2.12. The van der Waals surface area contributed by atoms with Crippen molar-refractivity contribution in [1.29, 1.82) is 0 Å². The van der Waals surface area contributed by atoms with Crippen LogP contribution in [-0.4, -0.2) is 43.4 Å². The molecule has 24 heavy (non-hydrogen) atoms. The van der Waals surface area contributed by atoms with E-state index in [1.54, 1.807) is 12.0 Å². The van der Waals surface area contributed by atoms with E-state index in [9.17, 15) is 9.59 Å². The Morgan fingerprint density at radius 2 is 2.25 bits per heavy atom. The molecule has 2 unspecified atom stereocenters. The lowest BCUT2D eigenvalue weighted by atomic mass is 10.2. The highest BCUT2D eigenvalue weighted by Gasteiger charge is 2.33. The molecule has 7 nitrogen and oxygen atoms in total. The number of amides is 1. The molecule has 126 valence electrons. The normalized spacial score (nSPS) is 23.8. The first kappa shape index (κ1) is 15.3. The van der Waals surface area contributed by atoms with Crippen LogP contribution in [-0.2, 0) is 19.0 Å². The molecule has 0 spiro atoms. The summed E-state index contributed by atoms with van der Waals surface area (Å²) in [6.45, 7) is 0.840. The second kappa shape index (κ2) is 6.03. The number of ether oxygens (including phenoxy) is 3. The first-order valence-corrected chi connectivity index (χ1v) is 8.53. The van der Waals surface area contributed by atoms with Crippen LogP contribution in [0.5, 0.6) is 0 Å². The highest BCUT2D eigenvalue weighted by Crippen LogP contribution is 2.36. The van der Waals surface area contributed by atoms with Gasteiger partial charge in [-0.25, -0.2) is 9.78 Å². The maximum absolute atomic E-state index is 12.0. The summed E-state index contributed by atoms with van der Waals surface area (Å²) in [5, 5.41) is 0.800. The highest BCUT2D eigenvalue weighted by molar-refractivity contribution is 7.18. The highest BCUT2D eigenvalue weighted by atomic mass is 32.1. The average Bonchev–Trinajstić information content (AvgIpc) is 3.25. The van der Waals surface area contributed by atoms with Crippen LogP contribution in [0.15, 0.2) is 18.2 Å². The number of carbonyl (C=O) groups is 2. The molecule has 8 heteroatoms. The Morgan fingerprint density at radius 3 is 3.00 bits per heavy atom. The van der Waals surface area contributed by atoms with Gasteiger partial charge in [0.2, 0.25) is 0 Å². The fourth-order valence-corrected chi connectivity index (χ4v) is 4.01. The van der Waals surface area contributed by atoms with E-state index in [2.05, 4.69) is 4.98 Å². The fourth-order valence-electron chi connectivity index (χ4n) is 2.94. The van der Waals surface area contributed by atoms with Gasteiger partial charge in [0.05, 0.1) is 23.4 Å². The lowest BCUT2D eigenvalue weighted by Crippen LogP contribution is -2.25. The Balaban J connectivity index is 1.59. The van der Waals surface area contributed by atoms with Crippen molar-refractivity contribution in [2.75, 3.05) is 25.2 Å². The van der Waals surface area contributed by atoms with Crippen LogP contribution in [0.2, 0.25) is 0 Å². The summed E-state index contributed by atoms with van der Waals surface area (Å²) in [4.78, 5) is 29.4. The SMILES string of the molecule is COCC1CN(c2ccc3nc(C4CCC(=O)O4)sc3c2)C(=O)O1. The lowest BCUT2D eigenvalue weighted by molar-refractivity contribution is -0.141. The third-order valence-corrected chi connectivity index (χ3v) is 5.20. The van der Waals surface area contributed by atoms with Crippen molar-refractivity contribution < 1.29 is 23.8 Å². The number of benzene rings is 1. The summed E-state index contributed by atoms with van der Waals surface area (Å²) in [5.41, 5.74) is 1.60. The van der Waals surface area contributed by atoms with Crippen LogP contribution >= 0.6 is 11.3 Å². The molecule has 0 aliphatic carbocycles. The molecule has 1 aromatic carbocycles. The van der Waals surface area contributed by atoms with Crippen molar-refractivity contribution in [1.82, 2.24) is 4.98 Å². The molecular formula is C16H16N2O5S. The zero-order chi connectivity index (χ0) is 16.7. The predicted molar refractivity (Wildman–Crippen MR) is 87.2 cm³/mol. The van der Waals surface area contributed by atoms with E-state index in [4.69, 9.17) is 14.2 Å². The number of esters is 1. The van der Waals surface area contributed by atoms with Crippen molar-refractivity contribution >= 4 is 39.3 Å². The van der Waals surface area contributed by atoms with Gasteiger partial charge in [0.1, 0.15) is 11.1 Å². The number of carbonyl (C=O) groups excluding carboxylic acids is 2. The first-order valence-electron chi connectivity index (χ1n) is 7.71. The largest absolute Gasteiger partial charge is 0.455 e. The van der Waals surface area contributed by atoms with E-state index in [-0.39, 0.29) is 24.3 Å². The molecule has 0 bridgehead atoms. The number of aromatic nitrogens is 1. The molecule has 2 fully saturated rings. The van der Waals surface area contributed by atoms with Gasteiger partial charge in [-0.1, -0.05) is 0 Å². The molecule has 2 aromatic rings. The number of thiazole rings is 1. The van der Waals surface area contributed by atoms with Crippen LogP contribution in [0.4, 0.5) is 10.5 Å². The molecule has 0 N–H and O–H groups in total. The zero-order valence-electron chi connectivity index (χ0n) is 13.1. The molecule has 2 aliphatic heterocycles. The predicted octanol–water partition coefficient (Wildman–Crippen LogP) is 2.65. The smallest absolute Gasteiger partial charge is 0.414 e. The number of hydrogen-bond acceptors (Lipinski definition) is 7. The second-order valence-electron chi connectivity index (χ2n) is 5.79. The van der Waals surface area contributed by atoms with Gasteiger partial charge >= 0.3 is 12.1 Å². The minimum Gasteiger partial charge on any atom is -0.455 e. The van der Waals surface area contributed by atoms with Gasteiger partial charge < -0.3 is 14.2 Å². The summed E-state index contributed by atoms with van der Waals surface area (Å²) in [7, 11) is 1.58. The minimum absolute atomic E-state index is 0.177. The number of nitrogens with zero attached hydrogens (tertiary/aromatic N) is 2. The number of anilines is 1. The molecular weight excluding hydrogens is 332 g/mol. The van der Waals surface area contributed by atoms with Gasteiger partial charge in [0, 0.05) is 25.6 Å². The molecule has 2 atom stereocenters. The third-order valence-electron chi connectivity index (χ3n) is 4.09. The summed E-state index contributed by atoms with van der Waals surface area (Å²) >= 11 is 1.49. The summed E-state index contributed by atoms with van der Waals surface area (Å²) in [6, 6.07) is 5.64. The van der Waals surface area contributed by atoms with Gasteiger partial charge in [-0.05, 0) is 18.2 Å². The quantitative estimate of drug-likeness (QED) is 0.791. The van der Waals surface area contributed by atoms with Crippen molar-refractivity contribution in [3.63, 3.8) is 0 Å². The van der Waals surface area contributed by atoms with Crippen molar-refractivity contribution in [2.45, 2.75) is 25.0 Å². The van der Waals surface area contributed by atoms with Crippen molar-refractivity contribution in [3.05, 3.63) is 23.2 Å². The standard InChI is InChI=1S/C16H16N2O5S/c1-21-8-10-7-18(16(20)22-10)9-2-3-11-13(6-9)24-15(17-11)12-4-5-14(19)23-12/h2-3,6,10,12H,4-5,7-8H2,1H3. The maximum atomic E-state index is 12.0. The van der Waals surface area contributed by atoms with Crippen LogP contribution in [0.3, 0.4) is 0 Å². The zero-order valence-corrected chi connectivity index (χ0v) is 13.9. The summed E-state index contributed by atoms with van der Waals surface area (Å²) < 4.78 is 16.5. The van der Waals surface area contributed by atoms with E-state index >= 15 is 0 Å². The van der Waals surface area contributed by atoms with Gasteiger partial charge in [-0.3, -0.25) is 9.69 Å². The number of rotatable bonds is 4. The van der Waals surface area contributed by atoms with Gasteiger partial charge in [-0.2, -0.15) is 0 Å². The number of fused-ring (bicyclic) bond motifs is 1. The molecule has 1 amide bonds. The minimum atomic E-state index is -0.370. The molecule has 2 saturated heterocycles. The molecule has 0 saturated carbocycles. The van der Waals surface area contributed by atoms with Crippen LogP contribution < -0.4 is 4.90 Å². The first-order chi connectivity index (χ1) is 11.6. The van der Waals surface area contributed by atoms with E-state index in [0.717, 1.165) is 20.9 Å². The van der Waals surface area contributed by atoms with Crippen LogP contribution in [0.25, 0.3) is 10.2 Å². The van der Waals surface area contributed by atoms with Crippen LogP contribution in [0.1, 0.15) is 24.0 Å². The molecule has 2 aliphatic rings. The average molecular weight is 348 g/mol. The Bertz CT molecular complexity index is 805. The topological polar surface area (TPSA) is 78.0 Å². The Morgan fingerprint density at radius 1 is 1.38 bits per heavy atom. The van der Waals surface area contributed by atoms with Crippen molar-refractivity contribution in [2.24, 2.45) is 0 Å². The van der Waals surface area contributed by atoms with E-state index in [0.29, 0.717) is 26.0 Å². The van der Waals surface area contributed by atoms with Crippen LogP contribution in [0, 0.1) is 0 Å². The van der Waals surface area contributed by atoms with Crippen molar-refractivity contribution in [3.8, 4) is 0 Å². The molecule has 1 aromatic heterocycles. The summed E-state index contributed by atoms with van der Waals surface area (Å²) in [6.07, 6.45) is 0.231. The maximum Gasteiger partial charge on any atom is 0.414 e. The van der Waals surface area contributed by atoms with E-state index < -0.39 is 0 Å². The fraction of sp³-hybridized carbons (Fsp3) is 0.438. The van der Waals surface area contributed by atoms with E-state index in [1.807, 2.05) is 18.2 Å². The number of cyclic esters (lactones) is 2. The monoisotopic (exact) mass is 348 g/mol. The molecule has 0 radical (unpaired) electrons. The number of methoxy groups -OCH3 is 1.